The first-order chi connectivity index (χ1) is 34.7. The number of nitrogens with zero attached hydrogens (tertiary/aromatic N) is 1. The Labute approximate surface area is 404 Å². The highest BCUT2D eigenvalue weighted by atomic mass is 16.3. The summed E-state index contributed by atoms with van der Waals surface area (Å²) >= 11 is 0. The van der Waals surface area contributed by atoms with Crippen molar-refractivity contribution in [2.45, 2.75) is 5.41 Å². The van der Waals surface area contributed by atoms with Gasteiger partial charge in [-0.25, -0.2) is 0 Å². The summed E-state index contributed by atoms with van der Waals surface area (Å²) < 4.78 is 13.1. The van der Waals surface area contributed by atoms with Crippen molar-refractivity contribution in [2.75, 3.05) is 4.90 Å². The van der Waals surface area contributed by atoms with Crippen molar-refractivity contribution in [3.05, 3.63) is 271 Å². The number of furan rings is 2. The van der Waals surface area contributed by atoms with E-state index in [-0.39, 0.29) is 0 Å². The largest absolute Gasteiger partial charge is 0.456 e. The molecule has 0 saturated carbocycles. The quantitative estimate of drug-likeness (QED) is 0.167. The van der Waals surface area contributed by atoms with Crippen molar-refractivity contribution in [1.29, 1.82) is 0 Å². The van der Waals surface area contributed by atoms with E-state index in [0.717, 1.165) is 77.8 Å². The standard InChI is InChI=1S/C67H41NO2/c1-3-16-42(17-4-1)44-30-33-48(34-31-44)68(59-26-15-29-62-65(59)53-22-9-13-27-60(53)69-62)49-39-46(43-18-5-2-6-19-43)38-47(40-49)45-32-35-51-50-20-7-11-24-55(50)67(58(51)41-45)56-25-12-8-21-52(56)64-57(67)36-37-63-66(64)54-23-10-14-28-61(54)70-63/h1-41H. The summed E-state index contributed by atoms with van der Waals surface area (Å²) in [7, 11) is 0. The maximum absolute atomic E-state index is 6.56. The first-order valence-electron chi connectivity index (χ1n) is 24.1. The maximum atomic E-state index is 6.56. The molecule has 0 bridgehead atoms. The average Bonchev–Trinajstić information content (AvgIpc) is 4.17. The van der Waals surface area contributed by atoms with Crippen molar-refractivity contribution in [2.24, 2.45) is 0 Å². The van der Waals surface area contributed by atoms with Gasteiger partial charge >= 0.3 is 0 Å². The van der Waals surface area contributed by atoms with Gasteiger partial charge < -0.3 is 13.7 Å². The number of benzene rings is 11. The van der Waals surface area contributed by atoms with Gasteiger partial charge in [0.05, 0.1) is 16.5 Å². The Bertz CT molecular complexity index is 4240. The van der Waals surface area contributed by atoms with Gasteiger partial charge in [-0.1, -0.05) is 182 Å². The molecule has 0 fully saturated rings. The van der Waals surface area contributed by atoms with Crippen LogP contribution in [0.1, 0.15) is 22.3 Å². The Morgan fingerprint density at radius 1 is 0.286 bits per heavy atom. The Balaban J connectivity index is 0.987. The van der Waals surface area contributed by atoms with Crippen LogP contribution in [0.15, 0.2) is 258 Å². The minimum absolute atomic E-state index is 0.551. The zero-order valence-electron chi connectivity index (χ0n) is 37.9. The summed E-state index contributed by atoms with van der Waals surface area (Å²) in [6, 6.07) is 90.6. The average molecular weight is 892 g/mol. The summed E-state index contributed by atoms with van der Waals surface area (Å²) in [6.07, 6.45) is 0. The molecule has 0 amide bonds. The van der Waals surface area contributed by atoms with E-state index in [9.17, 15) is 0 Å². The molecule has 1 unspecified atom stereocenters. The molecule has 0 aliphatic heterocycles. The van der Waals surface area contributed by atoms with Crippen molar-refractivity contribution < 1.29 is 8.83 Å². The first-order valence-corrected chi connectivity index (χ1v) is 24.1. The molecule has 1 atom stereocenters. The smallest absolute Gasteiger partial charge is 0.137 e. The van der Waals surface area contributed by atoms with Crippen LogP contribution < -0.4 is 4.90 Å². The number of hydrogen-bond acceptors (Lipinski definition) is 3. The predicted octanol–water partition coefficient (Wildman–Crippen LogP) is 18.3. The highest BCUT2D eigenvalue weighted by molar-refractivity contribution is 6.17. The summed E-state index contributed by atoms with van der Waals surface area (Å²) in [6.45, 7) is 0. The van der Waals surface area contributed by atoms with Gasteiger partial charge in [0.25, 0.3) is 0 Å². The van der Waals surface area contributed by atoms with E-state index in [0.29, 0.717) is 0 Å². The molecule has 15 rings (SSSR count). The predicted molar refractivity (Wildman–Crippen MR) is 288 cm³/mol. The van der Waals surface area contributed by atoms with E-state index in [1.165, 1.54) is 61.0 Å². The lowest BCUT2D eigenvalue weighted by Gasteiger charge is -2.31. The number of hydrogen-bond donors (Lipinski definition) is 0. The highest BCUT2D eigenvalue weighted by Crippen LogP contribution is 2.64. The van der Waals surface area contributed by atoms with Gasteiger partial charge in [0, 0.05) is 27.5 Å². The summed E-state index contributed by atoms with van der Waals surface area (Å²) in [5.41, 5.74) is 23.3. The SMILES string of the molecule is c1ccc(-c2ccc(N(c3cc(-c4ccccc4)cc(-c4ccc5c(c4)C4(c6ccccc6-5)c5ccccc5-c5c4ccc4oc6ccccc6c54)c3)c3cccc4oc5ccccc5c34)cc2)cc1. The van der Waals surface area contributed by atoms with Crippen LogP contribution in [0.25, 0.3) is 99.5 Å². The minimum Gasteiger partial charge on any atom is -0.456 e. The molecule has 0 N–H and O–H groups in total. The third-order valence-electron chi connectivity index (χ3n) is 15.1. The molecular formula is C67H41NO2. The fraction of sp³-hybridized carbons (Fsp3) is 0.0149. The van der Waals surface area contributed by atoms with Crippen LogP contribution >= 0.6 is 0 Å². The molecule has 3 nitrogen and oxygen atoms in total. The molecule has 2 heterocycles. The van der Waals surface area contributed by atoms with Gasteiger partial charge in [-0.3, -0.25) is 0 Å². The molecule has 2 aliphatic rings. The van der Waals surface area contributed by atoms with Gasteiger partial charge in [-0.15, -0.1) is 0 Å². The van der Waals surface area contributed by atoms with Crippen LogP contribution in [0.2, 0.25) is 0 Å². The van der Waals surface area contributed by atoms with E-state index < -0.39 is 5.41 Å². The highest BCUT2D eigenvalue weighted by Gasteiger charge is 2.52. The molecular weight excluding hydrogens is 851 g/mol. The minimum atomic E-state index is -0.551. The molecule has 1 spiro atoms. The first kappa shape index (κ1) is 38.9. The van der Waals surface area contributed by atoms with E-state index in [4.69, 9.17) is 8.83 Å². The molecule has 0 radical (unpaired) electrons. The number of para-hydroxylation sites is 2. The fourth-order valence-corrected chi connectivity index (χ4v) is 12.1. The molecule has 13 aromatic rings. The van der Waals surface area contributed by atoms with Gasteiger partial charge in [-0.2, -0.15) is 0 Å². The van der Waals surface area contributed by atoms with Crippen molar-refractivity contribution in [3.8, 4) is 55.6 Å². The second kappa shape index (κ2) is 14.9. The van der Waals surface area contributed by atoms with E-state index in [2.05, 4.69) is 248 Å². The Hall–Kier alpha value is -9.18. The number of fused-ring (bicyclic) bond motifs is 17. The molecule has 0 saturated heterocycles. The molecule has 3 heteroatoms. The second-order valence-electron chi connectivity index (χ2n) is 18.7. The third kappa shape index (κ3) is 5.52. The van der Waals surface area contributed by atoms with Crippen molar-refractivity contribution in [1.82, 2.24) is 0 Å². The Morgan fingerprint density at radius 3 is 1.54 bits per heavy atom. The van der Waals surface area contributed by atoms with Crippen molar-refractivity contribution in [3.63, 3.8) is 0 Å². The zero-order chi connectivity index (χ0) is 45.9. The summed E-state index contributed by atoms with van der Waals surface area (Å²) in [4.78, 5) is 2.42. The van der Waals surface area contributed by atoms with Gasteiger partial charge in [0.15, 0.2) is 0 Å². The van der Waals surface area contributed by atoms with E-state index in [1.807, 2.05) is 6.07 Å². The zero-order valence-corrected chi connectivity index (χ0v) is 37.9. The van der Waals surface area contributed by atoms with Crippen LogP contribution in [-0.4, -0.2) is 0 Å². The lowest BCUT2D eigenvalue weighted by atomic mass is 9.70. The van der Waals surface area contributed by atoms with Crippen LogP contribution in [0.3, 0.4) is 0 Å². The van der Waals surface area contributed by atoms with Crippen molar-refractivity contribution >= 4 is 60.9 Å². The molecule has 11 aromatic carbocycles. The molecule has 2 aliphatic carbocycles. The molecule has 2 aromatic heterocycles. The fourth-order valence-electron chi connectivity index (χ4n) is 12.1. The monoisotopic (exact) mass is 891 g/mol. The van der Waals surface area contributed by atoms with E-state index >= 15 is 0 Å². The Kier molecular flexibility index (Phi) is 8.28. The maximum Gasteiger partial charge on any atom is 0.137 e. The van der Waals surface area contributed by atoms with Gasteiger partial charge in [0.2, 0.25) is 0 Å². The van der Waals surface area contributed by atoms with Crippen LogP contribution in [0, 0.1) is 0 Å². The normalized spacial score (nSPS) is 14.3. The molecule has 326 valence electrons. The van der Waals surface area contributed by atoms with Gasteiger partial charge in [0.1, 0.15) is 22.3 Å². The number of anilines is 3. The van der Waals surface area contributed by atoms with E-state index in [1.54, 1.807) is 0 Å². The lowest BCUT2D eigenvalue weighted by molar-refractivity contribution is 0.668. The van der Waals surface area contributed by atoms with Crippen LogP contribution in [-0.2, 0) is 5.41 Å². The summed E-state index contributed by atoms with van der Waals surface area (Å²) in [5, 5.41) is 4.48. The number of rotatable bonds is 6. The van der Waals surface area contributed by atoms with Gasteiger partial charge in [-0.05, 0) is 145 Å². The summed E-state index contributed by atoms with van der Waals surface area (Å²) in [5.74, 6) is 0. The van der Waals surface area contributed by atoms with Crippen LogP contribution in [0.4, 0.5) is 17.1 Å². The Morgan fingerprint density at radius 2 is 0.814 bits per heavy atom. The third-order valence-corrected chi connectivity index (χ3v) is 15.1. The lowest BCUT2D eigenvalue weighted by Crippen LogP contribution is -2.25. The molecule has 70 heavy (non-hydrogen) atoms. The topological polar surface area (TPSA) is 29.5 Å². The second-order valence-corrected chi connectivity index (χ2v) is 18.7. The van der Waals surface area contributed by atoms with Crippen LogP contribution in [0.5, 0.6) is 0 Å².